The van der Waals surface area contributed by atoms with Crippen LogP contribution in [0, 0.1) is 5.82 Å². The molecule has 0 saturated carbocycles. The van der Waals surface area contributed by atoms with Gasteiger partial charge in [-0.05, 0) is 37.6 Å². The van der Waals surface area contributed by atoms with E-state index in [9.17, 15) is 14.0 Å². The third-order valence-corrected chi connectivity index (χ3v) is 5.28. The lowest BCUT2D eigenvalue weighted by atomic mass is 9.82. The van der Waals surface area contributed by atoms with Gasteiger partial charge in [-0.1, -0.05) is 24.3 Å². The summed E-state index contributed by atoms with van der Waals surface area (Å²) in [6.07, 6.45) is 3.27. The first kappa shape index (κ1) is 24.8. The Balaban J connectivity index is 2.16. The number of esters is 2. The summed E-state index contributed by atoms with van der Waals surface area (Å²) in [5.41, 5.74) is 1.82. The Bertz CT molecular complexity index is 1060. The van der Waals surface area contributed by atoms with Crippen molar-refractivity contribution in [1.82, 2.24) is 4.90 Å². The maximum absolute atomic E-state index is 13.4. The van der Waals surface area contributed by atoms with Gasteiger partial charge in [0.1, 0.15) is 5.82 Å². The number of carbonyl (C=O) groups excluding carboxylic acids is 2. The Kier molecular flexibility index (Phi) is 8.29. The molecule has 2 aromatic rings. The first-order chi connectivity index (χ1) is 16.4. The van der Waals surface area contributed by atoms with Crippen LogP contribution in [0.15, 0.2) is 66.0 Å². The van der Waals surface area contributed by atoms with E-state index in [2.05, 4.69) is 0 Å². The molecule has 7 nitrogen and oxygen atoms in total. The molecule has 0 spiro atoms. The van der Waals surface area contributed by atoms with Crippen molar-refractivity contribution in [2.24, 2.45) is 0 Å². The van der Waals surface area contributed by atoms with Crippen LogP contribution in [-0.4, -0.2) is 44.3 Å². The Morgan fingerprint density at radius 1 is 0.882 bits per heavy atom. The number of ether oxygens (including phenoxy) is 4. The quantitative estimate of drug-likeness (QED) is 0.506. The average Bonchev–Trinajstić information content (AvgIpc) is 2.84. The second kappa shape index (κ2) is 11.4. The second-order valence-electron chi connectivity index (χ2n) is 7.42. The molecule has 1 heterocycles. The molecule has 0 amide bonds. The second-order valence-corrected chi connectivity index (χ2v) is 7.42. The SMILES string of the molecule is CCOC(=O)C1=CN(Cc2ccc(F)cc2)C=C(C(=O)OCC)C1c1cccc(OC)c1OC. The summed E-state index contributed by atoms with van der Waals surface area (Å²) in [7, 11) is 3.00. The number of nitrogens with zero attached hydrogens (tertiary/aromatic N) is 1. The molecule has 1 aliphatic heterocycles. The molecule has 0 radical (unpaired) electrons. The van der Waals surface area contributed by atoms with E-state index in [1.54, 1.807) is 61.5 Å². The van der Waals surface area contributed by atoms with Crippen LogP contribution in [0.3, 0.4) is 0 Å². The summed E-state index contributed by atoms with van der Waals surface area (Å²) in [6.45, 7) is 4.04. The van der Waals surface area contributed by atoms with Gasteiger partial charge in [-0.15, -0.1) is 0 Å². The topological polar surface area (TPSA) is 74.3 Å². The summed E-state index contributed by atoms with van der Waals surface area (Å²) in [5, 5.41) is 0. The number of benzene rings is 2. The summed E-state index contributed by atoms with van der Waals surface area (Å²) >= 11 is 0. The van der Waals surface area contributed by atoms with Gasteiger partial charge in [0.15, 0.2) is 11.5 Å². The molecule has 0 N–H and O–H groups in total. The number of methoxy groups -OCH3 is 2. The molecule has 8 heteroatoms. The third-order valence-electron chi connectivity index (χ3n) is 5.28. The van der Waals surface area contributed by atoms with E-state index in [-0.39, 0.29) is 30.2 Å². The van der Waals surface area contributed by atoms with Crippen molar-refractivity contribution in [3.8, 4) is 11.5 Å². The highest BCUT2D eigenvalue weighted by atomic mass is 19.1. The minimum atomic E-state index is -0.812. The number of para-hydroxylation sites is 1. The van der Waals surface area contributed by atoms with E-state index in [0.29, 0.717) is 23.6 Å². The van der Waals surface area contributed by atoms with Crippen LogP contribution in [0.25, 0.3) is 0 Å². The smallest absolute Gasteiger partial charge is 0.336 e. The molecule has 3 rings (SSSR count). The summed E-state index contributed by atoms with van der Waals surface area (Å²) in [5.74, 6) is -1.45. The molecule has 0 atom stereocenters. The zero-order chi connectivity index (χ0) is 24.7. The normalized spacial score (nSPS) is 13.6. The van der Waals surface area contributed by atoms with Crippen molar-refractivity contribution in [2.45, 2.75) is 26.3 Å². The number of carbonyl (C=O) groups is 2. The van der Waals surface area contributed by atoms with Gasteiger partial charge in [0.05, 0.1) is 44.5 Å². The monoisotopic (exact) mass is 469 g/mol. The number of halogens is 1. The van der Waals surface area contributed by atoms with Gasteiger partial charge >= 0.3 is 11.9 Å². The van der Waals surface area contributed by atoms with Crippen LogP contribution in [0.4, 0.5) is 4.39 Å². The van der Waals surface area contributed by atoms with Gasteiger partial charge in [0.25, 0.3) is 0 Å². The van der Waals surface area contributed by atoms with Gasteiger partial charge in [0.2, 0.25) is 0 Å². The van der Waals surface area contributed by atoms with Crippen molar-refractivity contribution in [2.75, 3.05) is 27.4 Å². The zero-order valence-electron chi connectivity index (χ0n) is 19.7. The number of rotatable bonds is 9. The standard InChI is InChI=1S/C26H28FNO6/c1-5-33-25(29)20-15-28(14-17-10-12-18(27)13-11-17)16-21(26(30)34-6-2)23(20)19-8-7-9-22(31-3)24(19)32-4/h7-13,15-16,23H,5-6,14H2,1-4H3. The lowest BCUT2D eigenvalue weighted by molar-refractivity contribution is -0.139. The van der Waals surface area contributed by atoms with E-state index in [1.165, 1.54) is 26.4 Å². The van der Waals surface area contributed by atoms with Crippen molar-refractivity contribution in [3.63, 3.8) is 0 Å². The highest BCUT2D eigenvalue weighted by Crippen LogP contribution is 2.44. The Labute approximate surface area is 198 Å². The average molecular weight is 470 g/mol. The minimum absolute atomic E-state index is 0.161. The Morgan fingerprint density at radius 3 is 1.97 bits per heavy atom. The third kappa shape index (κ3) is 5.39. The Morgan fingerprint density at radius 2 is 1.47 bits per heavy atom. The van der Waals surface area contributed by atoms with E-state index in [1.807, 2.05) is 0 Å². The van der Waals surface area contributed by atoms with Crippen molar-refractivity contribution >= 4 is 11.9 Å². The summed E-state index contributed by atoms with van der Waals surface area (Å²) in [4.78, 5) is 27.9. The van der Waals surface area contributed by atoms with Crippen molar-refractivity contribution in [1.29, 1.82) is 0 Å². The van der Waals surface area contributed by atoms with Crippen LogP contribution in [-0.2, 0) is 25.6 Å². The fourth-order valence-electron chi connectivity index (χ4n) is 3.85. The van der Waals surface area contributed by atoms with E-state index in [4.69, 9.17) is 18.9 Å². The van der Waals surface area contributed by atoms with Crippen LogP contribution < -0.4 is 9.47 Å². The lowest BCUT2D eigenvalue weighted by Crippen LogP contribution is -2.29. The van der Waals surface area contributed by atoms with Gasteiger partial charge in [-0.2, -0.15) is 0 Å². The fraction of sp³-hybridized carbons (Fsp3) is 0.308. The van der Waals surface area contributed by atoms with Crippen LogP contribution in [0.2, 0.25) is 0 Å². The zero-order valence-corrected chi connectivity index (χ0v) is 19.7. The molecular formula is C26H28FNO6. The predicted octanol–water partition coefficient (Wildman–Crippen LogP) is 4.34. The largest absolute Gasteiger partial charge is 0.493 e. The maximum atomic E-state index is 13.4. The van der Waals surface area contributed by atoms with Gasteiger partial charge in [0, 0.05) is 24.5 Å². The fourth-order valence-corrected chi connectivity index (χ4v) is 3.85. The minimum Gasteiger partial charge on any atom is -0.493 e. The summed E-state index contributed by atoms with van der Waals surface area (Å²) in [6, 6.07) is 11.2. The van der Waals surface area contributed by atoms with E-state index >= 15 is 0 Å². The van der Waals surface area contributed by atoms with Gasteiger partial charge in [-0.25, -0.2) is 14.0 Å². The highest BCUT2D eigenvalue weighted by molar-refractivity contribution is 5.99. The maximum Gasteiger partial charge on any atom is 0.336 e. The molecule has 0 aliphatic carbocycles. The van der Waals surface area contributed by atoms with Crippen LogP contribution in [0.1, 0.15) is 30.9 Å². The van der Waals surface area contributed by atoms with Crippen LogP contribution >= 0.6 is 0 Å². The van der Waals surface area contributed by atoms with E-state index in [0.717, 1.165) is 5.56 Å². The first-order valence-corrected chi connectivity index (χ1v) is 10.9. The molecule has 0 saturated heterocycles. The van der Waals surface area contributed by atoms with Crippen LogP contribution in [0.5, 0.6) is 11.5 Å². The molecular weight excluding hydrogens is 441 g/mol. The first-order valence-electron chi connectivity index (χ1n) is 10.9. The number of hydrogen-bond donors (Lipinski definition) is 0. The van der Waals surface area contributed by atoms with Gasteiger partial charge in [-0.3, -0.25) is 0 Å². The molecule has 0 unspecified atom stereocenters. The molecule has 180 valence electrons. The van der Waals surface area contributed by atoms with Crippen molar-refractivity contribution in [3.05, 3.63) is 83.0 Å². The lowest BCUT2D eigenvalue weighted by Gasteiger charge is -2.31. The molecule has 0 fully saturated rings. The Hall–Kier alpha value is -3.81. The highest BCUT2D eigenvalue weighted by Gasteiger charge is 2.37. The van der Waals surface area contributed by atoms with Gasteiger partial charge < -0.3 is 23.8 Å². The molecule has 1 aliphatic rings. The molecule has 0 bridgehead atoms. The van der Waals surface area contributed by atoms with Crippen molar-refractivity contribution < 1.29 is 32.9 Å². The molecule has 2 aromatic carbocycles. The predicted molar refractivity (Wildman–Crippen MR) is 124 cm³/mol. The molecule has 0 aromatic heterocycles. The molecule has 34 heavy (non-hydrogen) atoms. The van der Waals surface area contributed by atoms with E-state index < -0.39 is 17.9 Å². The number of hydrogen-bond acceptors (Lipinski definition) is 7. The summed E-state index contributed by atoms with van der Waals surface area (Å²) < 4.78 is 35.0.